The van der Waals surface area contributed by atoms with E-state index in [4.69, 9.17) is 0 Å². The molecule has 0 radical (unpaired) electrons. The zero-order valence-electron chi connectivity index (χ0n) is 14.9. The van der Waals surface area contributed by atoms with Crippen molar-refractivity contribution in [2.45, 2.75) is 39.7 Å². The standard InChI is InChI=1S/C20H22N4O/c1-12-7-8-17-15(9-12)16(10-13(2)21-17)20(25)24(3)11-19-14-5-4-6-18(14)22-23-19/h7-10H,4-6,11H2,1-3H3,(H,22,23). The number of amides is 1. The predicted octanol–water partition coefficient (Wildman–Crippen LogP) is 3.34. The zero-order valence-corrected chi connectivity index (χ0v) is 14.9. The average Bonchev–Trinajstić information content (AvgIpc) is 3.19. The Morgan fingerprint density at radius 1 is 1.24 bits per heavy atom. The molecule has 0 saturated heterocycles. The molecule has 1 aliphatic rings. The van der Waals surface area contributed by atoms with Crippen molar-refractivity contribution in [2.24, 2.45) is 0 Å². The molecule has 0 bridgehead atoms. The average molecular weight is 334 g/mol. The van der Waals surface area contributed by atoms with Crippen molar-refractivity contribution >= 4 is 16.8 Å². The predicted molar refractivity (Wildman–Crippen MR) is 97.6 cm³/mol. The lowest BCUT2D eigenvalue weighted by atomic mass is 10.0. The highest BCUT2D eigenvalue weighted by Crippen LogP contribution is 2.25. The van der Waals surface area contributed by atoms with Gasteiger partial charge >= 0.3 is 0 Å². The monoisotopic (exact) mass is 334 g/mol. The fourth-order valence-corrected chi connectivity index (χ4v) is 3.67. The number of carbonyl (C=O) groups is 1. The molecule has 3 aromatic rings. The summed E-state index contributed by atoms with van der Waals surface area (Å²) in [6.07, 6.45) is 3.29. The van der Waals surface area contributed by atoms with Crippen LogP contribution in [0, 0.1) is 13.8 Å². The van der Waals surface area contributed by atoms with Crippen LogP contribution in [-0.4, -0.2) is 33.0 Å². The van der Waals surface area contributed by atoms with Crippen LogP contribution in [0.1, 0.15) is 45.0 Å². The van der Waals surface area contributed by atoms with Crippen molar-refractivity contribution in [1.82, 2.24) is 20.1 Å². The number of benzene rings is 1. The third-order valence-corrected chi connectivity index (χ3v) is 4.95. The van der Waals surface area contributed by atoms with Crippen molar-refractivity contribution in [3.63, 3.8) is 0 Å². The Labute approximate surface area is 147 Å². The molecular formula is C20H22N4O. The topological polar surface area (TPSA) is 61.9 Å². The van der Waals surface area contributed by atoms with E-state index in [1.54, 1.807) is 4.90 Å². The van der Waals surface area contributed by atoms with E-state index in [0.29, 0.717) is 12.1 Å². The lowest BCUT2D eigenvalue weighted by Crippen LogP contribution is -2.27. The molecule has 0 unspecified atom stereocenters. The smallest absolute Gasteiger partial charge is 0.254 e. The highest BCUT2D eigenvalue weighted by Gasteiger charge is 2.22. The number of rotatable bonds is 3. The lowest BCUT2D eigenvalue weighted by molar-refractivity contribution is 0.0785. The van der Waals surface area contributed by atoms with Crippen LogP contribution in [0.4, 0.5) is 0 Å². The molecule has 0 spiro atoms. The van der Waals surface area contributed by atoms with Crippen LogP contribution in [0.5, 0.6) is 0 Å². The van der Waals surface area contributed by atoms with Crippen molar-refractivity contribution in [1.29, 1.82) is 0 Å². The van der Waals surface area contributed by atoms with Gasteiger partial charge in [-0.15, -0.1) is 0 Å². The summed E-state index contributed by atoms with van der Waals surface area (Å²) in [5.74, 6) is 0.0100. The highest BCUT2D eigenvalue weighted by atomic mass is 16.2. The van der Waals surface area contributed by atoms with E-state index in [1.807, 2.05) is 45.2 Å². The fourth-order valence-electron chi connectivity index (χ4n) is 3.67. The van der Waals surface area contributed by atoms with Gasteiger partial charge in [-0.1, -0.05) is 11.6 Å². The molecule has 0 aliphatic heterocycles. The Morgan fingerprint density at radius 2 is 2.08 bits per heavy atom. The summed E-state index contributed by atoms with van der Waals surface area (Å²) in [7, 11) is 1.84. The van der Waals surface area contributed by atoms with E-state index in [0.717, 1.165) is 40.7 Å². The number of hydrogen-bond acceptors (Lipinski definition) is 3. The maximum Gasteiger partial charge on any atom is 0.254 e. The van der Waals surface area contributed by atoms with Crippen molar-refractivity contribution in [2.75, 3.05) is 7.05 Å². The van der Waals surface area contributed by atoms with E-state index in [9.17, 15) is 4.79 Å². The van der Waals surface area contributed by atoms with E-state index in [-0.39, 0.29) is 5.91 Å². The number of H-pyrrole nitrogens is 1. The number of carbonyl (C=O) groups excluding carboxylic acids is 1. The second-order valence-electron chi connectivity index (χ2n) is 6.97. The number of hydrogen-bond donors (Lipinski definition) is 1. The van der Waals surface area contributed by atoms with Gasteiger partial charge in [-0.2, -0.15) is 5.10 Å². The first-order chi connectivity index (χ1) is 12.0. The van der Waals surface area contributed by atoms with Gasteiger partial charge in [0, 0.05) is 23.8 Å². The molecule has 1 N–H and O–H groups in total. The van der Waals surface area contributed by atoms with Gasteiger partial charge < -0.3 is 4.90 Å². The quantitative estimate of drug-likeness (QED) is 0.799. The molecular weight excluding hydrogens is 312 g/mol. The van der Waals surface area contributed by atoms with Gasteiger partial charge in [-0.25, -0.2) is 0 Å². The maximum atomic E-state index is 13.1. The summed E-state index contributed by atoms with van der Waals surface area (Å²) < 4.78 is 0. The molecule has 0 atom stereocenters. The minimum absolute atomic E-state index is 0.0100. The molecule has 2 heterocycles. The Kier molecular flexibility index (Phi) is 3.79. The molecule has 1 aromatic carbocycles. The lowest BCUT2D eigenvalue weighted by Gasteiger charge is -2.18. The van der Waals surface area contributed by atoms with Crippen molar-refractivity contribution < 1.29 is 4.79 Å². The summed E-state index contributed by atoms with van der Waals surface area (Å²) in [6.45, 7) is 4.49. The number of nitrogens with zero attached hydrogens (tertiary/aromatic N) is 3. The second-order valence-corrected chi connectivity index (χ2v) is 6.97. The molecule has 4 rings (SSSR count). The largest absolute Gasteiger partial charge is 0.336 e. The molecule has 0 fully saturated rings. The molecule has 25 heavy (non-hydrogen) atoms. The van der Waals surface area contributed by atoms with Crippen molar-refractivity contribution in [3.8, 4) is 0 Å². The summed E-state index contributed by atoms with van der Waals surface area (Å²) in [5, 5.41) is 8.45. The van der Waals surface area contributed by atoms with Crippen LogP contribution in [0.25, 0.3) is 10.9 Å². The van der Waals surface area contributed by atoms with E-state index in [2.05, 4.69) is 15.2 Å². The maximum absolute atomic E-state index is 13.1. The van der Waals surface area contributed by atoms with Crippen LogP contribution in [-0.2, 0) is 19.4 Å². The van der Waals surface area contributed by atoms with Gasteiger partial charge in [0.1, 0.15) is 0 Å². The van der Waals surface area contributed by atoms with Crippen LogP contribution in [0.3, 0.4) is 0 Å². The first kappa shape index (κ1) is 15.8. The third-order valence-electron chi connectivity index (χ3n) is 4.95. The Morgan fingerprint density at radius 3 is 2.92 bits per heavy atom. The molecule has 1 aliphatic carbocycles. The minimum atomic E-state index is 0.0100. The highest BCUT2D eigenvalue weighted by molar-refractivity contribution is 6.06. The molecule has 1 amide bonds. The number of fused-ring (bicyclic) bond motifs is 2. The van der Waals surface area contributed by atoms with Crippen LogP contribution in [0.2, 0.25) is 0 Å². The number of aromatic amines is 1. The molecule has 0 saturated carbocycles. The summed E-state index contributed by atoms with van der Waals surface area (Å²) in [4.78, 5) is 19.4. The number of pyridine rings is 1. The molecule has 5 nitrogen and oxygen atoms in total. The van der Waals surface area contributed by atoms with Gasteiger partial charge in [-0.05, 0) is 56.9 Å². The second kappa shape index (κ2) is 5.99. The zero-order chi connectivity index (χ0) is 17.6. The first-order valence-electron chi connectivity index (χ1n) is 8.71. The number of nitrogens with one attached hydrogen (secondary N) is 1. The molecule has 128 valence electrons. The SMILES string of the molecule is Cc1ccc2nc(C)cc(C(=O)N(C)Cc3n[nH]c4c3CCC4)c2c1. The Hall–Kier alpha value is -2.69. The van der Waals surface area contributed by atoms with Gasteiger partial charge in [0.2, 0.25) is 0 Å². The van der Waals surface area contributed by atoms with Crippen LogP contribution >= 0.6 is 0 Å². The summed E-state index contributed by atoms with van der Waals surface area (Å²) in [5.41, 5.74) is 7.08. The minimum Gasteiger partial charge on any atom is -0.336 e. The Bertz CT molecular complexity index is 973. The van der Waals surface area contributed by atoms with E-state index >= 15 is 0 Å². The van der Waals surface area contributed by atoms with Crippen LogP contribution in [0.15, 0.2) is 24.3 Å². The first-order valence-corrected chi connectivity index (χ1v) is 8.71. The van der Waals surface area contributed by atoms with Gasteiger partial charge in [0.25, 0.3) is 5.91 Å². The third kappa shape index (κ3) is 2.80. The van der Waals surface area contributed by atoms with E-state index < -0.39 is 0 Å². The van der Waals surface area contributed by atoms with Gasteiger partial charge in [0.05, 0.1) is 23.3 Å². The van der Waals surface area contributed by atoms with Gasteiger partial charge in [-0.3, -0.25) is 14.9 Å². The van der Waals surface area contributed by atoms with E-state index in [1.165, 1.54) is 17.7 Å². The van der Waals surface area contributed by atoms with Crippen molar-refractivity contribution in [3.05, 3.63) is 58.0 Å². The molecule has 5 heteroatoms. The normalized spacial score (nSPS) is 13.2. The number of aromatic nitrogens is 3. The van der Waals surface area contributed by atoms with Gasteiger partial charge in [0.15, 0.2) is 0 Å². The fraction of sp³-hybridized carbons (Fsp3) is 0.350. The Balaban J connectivity index is 1.68. The summed E-state index contributed by atoms with van der Waals surface area (Å²) in [6, 6.07) is 7.93. The molecule has 2 aromatic heterocycles. The van der Waals surface area contributed by atoms with Crippen LogP contribution < -0.4 is 0 Å². The number of aryl methyl sites for hydroxylation is 3. The summed E-state index contributed by atoms with van der Waals surface area (Å²) >= 11 is 0.